The largest absolute Gasteiger partial charge is 0.313 e. The Morgan fingerprint density at radius 3 is 2.71 bits per heavy atom. The number of fused-ring (bicyclic) bond motifs is 1. The van der Waals surface area contributed by atoms with Gasteiger partial charge in [0.2, 0.25) is 0 Å². The van der Waals surface area contributed by atoms with Gasteiger partial charge in [-0.3, -0.25) is 4.68 Å². The van der Waals surface area contributed by atoms with Gasteiger partial charge < -0.3 is 5.32 Å². The number of likely N-dealkylation sites (N-methyl/N-ethyl adjacent to an activating group) is 1. The molecule has 0 spiro atoms. The Balaban J connectivity index is 1.92. The van der Waals surface area contributed by atoms with Gasteiger partial charge in [-0.05, 0) is 36.7 Å². The molecule has 0 saturated heterocycles. The highest BCUT2D eigenvalue weighted by Gasteiger charge is 2.13. The van der Waals surface area contributed by atoms with Crippen LogP contribution in [0.2, 0.25) is 0 Å². The van der Waals surface area contributed by atoms with Gasteiger partial charge in [0.15, 0.2) is 0 Å². The maximum Gasteiger partial charge on any atom is 0.0537 e. The minimum atomic E-state index is 0.288. The normalized spacial score (nSPS) is 12.7. The van der Waals surface area contributed by atoms with Crippen molar-refractivity contribution in [1.82, 2.24) is 15.1 Å². The molecule has 0 aliphatic rings. The van der Waals surface area contributed by atoms with E-state index in [2.05, 4.69) is 66.0 Å². The minimum Gasteiger partial charge on any atom is -0.313 e. The lowest BCUT2D eigenvalue weighted by Gasteiger charge is -2.16. The zero-order chi connectivity index (χ0) is 14.7. The van der Waals surface area contributed by atoms with Gasteiger partial charge in [-0.2, -0.15) is 5.10 Å². The number of hydrogen-bond acceptors (Lipinski definition) is 2. The summed E-state index contributed by atoms with van der Waals surface area (Å²) in [7, 11) is 2.01. The summed E-state index contributed by atoms with van der Waals surface area (Å²) in [5.41, 5.74) is 2.61. The molecule has 3 aromatic rings. The van der Waals surface area contributed by atoms with E-state index in [0.29, 0.717) is 0 Å². The third-order valence-electron chi connectivity index (χ3n) is 4.03. The van der Waals surface area contributed by atoms with Crippen molar-refractivity contribution in [2.45, 2.75) is 25.9 Å². The molecule has 1 atom stereocenters. The predicted molar refractivity (Wildman–Crippen MR) is 87.4 cm³/mol. The van der Waals surface area contributed by atoms with Gasteiger partial charge in [0.25, 0.3) is 0 Å². The van der Waals surface area contributed by atoms with Crippen molar-refractivity contribution >= 4 is 10.8 Å². The van der Waals surface area contributed by atoms with Crippen LogP contribution in [0.3, 0.4) is 0 Å². The average Bonchev–Trinajstić information content (AvgIpc) is 3.01. The summed E-state index contributed by atoms with van der Waals surface area (Å²) in [5, 5.41) is 10.4. The molecule has 0 amide bonds. The lowest BCUT2D eigenvalue weighted by atomic mass is 9.96. The second-order valence-corrected chi connectivity index (χ2v) is 5.31. The Morgan fingerprint density at radius 1 is 1.14 bits per heavy atom. The van der Waals surface area contributed by atoms with Crippen LogP contribution < -0.4 is 5.32 Å². The summed E-state index contributed by atoms with van der Waals surface area (Å²) in [5.74, 6) is 0. The third-order valence-corrected chi connectivity index (χ3v) is 4.03. The molecular formula is C18H21N3. The predicted octanol–water partition coefficient (Wildman–Crippen LogP) is 3.56. The molecule has 2 aromatic carbocycles. The van der Waals surface area contributed by atoms with E-state index in [1.807, 2.05) is 17.9 Å². The quantitative estimate of drug-likeness (QED) is 0.774. The molecule has 3 rings (SSSR count). The summed E-state index contributed by atoms with van der Waals surface area (Å²) in [4.78, 5) is 0. The second-order valence-electron chi connectivity index (χ2n) is 5.31. The monoisotopic (exact) mass is 279 g/mol. The Bertz CT molecular complexity index is 725. The first-order valence-electron chi connectivity index (χ1n) is 7.48. The van der Waals surface area contributed by atoms with Crippen molar-refractivity contribution in [2.75, 3.05) is 7.05 Å². The van der Waals surface area contributed by atoms with Crippen molar-refractivity contribution in [3.05, 3.63) is 66.0 Å². The lowest BCUT2D eigenvalue weighted by Crippen LogP contribution is -2.18. The SMILES string of the molecule is CCn1cc(C(Cc2cccc3ccccc23)NC)cn1. The summed E-state index contributed by atoms with van der Waals surface area (Å²) >= 11 is 0. The topological polar surface area (TPSA) is 29.9 Å². The molecule has 0 radical (unpaired) electrons. The van der Waals surface area contributed by atoms with Crippen LogP contribution >= 0.6 is 0 Å². The fraction of sp³-hybridized carbons (Fsp3) is 0.278. The van der Waals surface area contributed by atoms with Gasteiger partial charge in [-0.1, -0.05) is 42.5 Å². The van der Waals surface area contributed by atoms with Crippen molar-refractivity contribution in [1.29, 1.82) is 0 Å². The number of hydrogen-bond donors (Lipinski definition) is 1. The zero-order valence-electron chi connectivity index (χ0n) is 12.6. The van der Waals surface area contributed by atoms with E-state index >= 15 is 0 Å². The molecule has 108 valence electrons. The highest BCUT2D eigenvalue weighted by atomic mass is 15.3. The first-order valence-corrected chi connectivity index (χ1v) is 7.48. The van der Waals surface area contributed by atoms with Gasteiger partial charge in [0.05, 0.1) is 6.20 Å². The van der Waals surface area contributed by atoms with Crippen LogP contribution in [0.4, 0.5) is 0 Å². The fourth-order valence-corrected chi connectivity index (χ4v) is 2.81. The molecule has 0 saturated carbocycles. The van der Waals surface area contributed by atoms with Crippen LogP contribution in [-0.2, 0) is 13.0 Å². The first kappa shape index (κ1) is 13.8. The molecule has 3 heteroatoms. The molecule has 1 aromatic heterocycles. The molecule has 0 aliphatic heterocycles. The molecule has 21 heavy (non-hydrogen) atoms. The molecule has 1 unspecified atom stereocenters. The number of benzene rings is 2. The van der Waals surface area contributed by atoms with Gasteiger partial charge in [-0.15, -0.1) is 0 Å². The van der Waals surface area contributed by atoms with Gasteiger partial charge in [0.1, 0.15) is 0 Å². The smallest absolute Gasteiger partial charge is 0.0537 e. The van der Waals surface area contributed by atoms with E-state index in [1.165, 1.54) is 21.9 Å². The molecule has 0 fully saturated rings. The van der Waals surface area contributed by atoms with E-state index in [4.69, 9.17) is 0 Å². The van der Waals surface area contributed by atoms with Crippen LogP contribution in [0.15, 0.2) is 54.9 Å². The van der Waals surface area contributed by atoms with Crippen LogP contribution in [0.25, 0.3) is 10.8 Å². The first-order chi connectivity index (χ1) is 10.3. The highest BCUT2D eigenvalue weighted by molar-refractivity contribution is 5.85. The Hall–Kier alpha value is -2.13. The fourth-order valence-electron chi connectivity index (χ4n) is 2.81. The number of aryl methyl sites for hydroxylation is 1. The molecule has 1 heterocycles. The Kier molecular flexibility index (Phi) is 4.02. The number of nitrogens with zero attached hydrogens (tertiary/aromatic N) is 2. The number of aromatic nitrogens is 2. The van der Waals surface area contributed by atoms with Gasteiger partial charge in [-0.25, -0.2) is 0 Å². The van der Waals surface area contributed by atoms with Gasteiger partial charge in [0, 0.05) is 24.3 Å². The third kappa shape index (κ3) is 2.83. The summed E-state index contributed by atoms with van der Waals surface area (Å²) in [6.07, 6.45) is 5.06. The van der Waals surface area contributed by atoms with Crippen molar-refractivity contribution in [3.8, 4) is 0 Å². The molecule has 1 N–H and O–H groups in total. The number of rotatable bonds is 5. The summed E-state index contributed by atoms with van der Waals surface area (Å²) in [6, 6.07) is 15.4. The lowest BCUT2D eigenvalue weighted by molar-refractivity contribution is 0.591. The van der Waals surface area contributed by atoms with E-state index in [9.17, 15) is 0 Å². The van der Waals surface area contributed by atoms with E-state index in [0.717, 1.165) is 13.0 Å². The zero-order valence-corrected chi connectivity index (χ0v) is 12.6. The Labute approximate surface area is 125 Å². The molecule has 3 nitrogen and oxygen atoms in total. The second kappa shape index (κ2) is 6.10. The van der Waals surface area contributed by atoms with Crippen LogP contribution in [0.5, 0.6) is 0 Å². The average molecular weight is 279 g/mol. The van der Waals surface area contributed by atoms with Crippen LogP contribution in [0.1, 0.15) is 24.1 Å². The van der Waals surface area contributed by atoms with E-state index < -0.39 is 0 Å². The summed E-state index contributed by atoms with van der Waals surface area (Å²) < 4.78 is 1.97. The van der Waals surface area contributed by atoms with Crippen LogP contribution in [0, 0.1) is 0 Å². The molecule has 0 bridgehead atoms. The highest BCUT2D eigenvalue weighted by Crippen LogP contribution is 2.24. The Morgan fingerprint density at radius 2 is 1.95 bits per heavy atom. The maximum atomic E-state index is 4.38. The van der Waals surface area contributed by atoms with Crippen LogP contribution in [-0.4, -0.2) is 16.8 Å². The van der Waals surface area contributed by atoms with Crippen molar-refractivity contribution in [3.63, 3.8) is 0 Å². The standard InChI is InChI=1S/C18H21N3/c1-3-21-13-16(12-20-21)18(19-2)11-15-9-6-8-14-7-4-5-10-17(14)15/h4-10,12-13,18-19H,3,11H2,1-2H3. The van der Waals surface area contributed by atoms with E-state index in [1.54, 1.807) is 0 Å². The van der Waals surface area contributed by atoms with Crippen molar-refractivity contribution in [2.24, 2.45) is 0 Å². The molecular weight excluding hydrogens is 258 g/mol. The number of nitrogens with one attached hydrogen (secondary N) is 1. The minimum absolute atomic E-state index is 0.288. The maximum absolute atomic E-state index is 4.38. The summed E-state index contributed by atoms with van der Waals surface area (Å²) in [6.45, 7) is 3.01. The molecule has 0 aliphatic carbocycles. The van der Waals surface area contributed by atoms with E-state index in [-0.39, 0.29) is 6.04 Å². The van der Waals surface area contributed by atoms with Crippen molar-refractivity contribution < 1.29 is 0 Å². The van der Waals surface area contributed by atoms with Gasteiger partial charge >= 0.3 is 0 Å².